The monoisotopic (exact) mass is 362 g/mol. The first kappa shape index (κ1) is 14.0. The summed E-state index contributed by atoms with van der Waals surface area (Å²) in [5.41, 5.74) is 1.99. The lowest BCUT2D eigenvalue weighted by atomic mass is 10.2. The molecule has 2 aromatic heterocycles. The zero-order chi connectivity index (χ0) is 14.7. The Labute approximate surface area is 134 Å². The maximum Gasteiger partial charge on any atom is 0.287 e. The van der Waals surface area contributed by atoms with E-state index in [2.05, 4.69) is 26.2 Å². The molecule has 21 heavy (non-hydrogen) atoms. The van der Waals surface area contributed by atoms with Gasteiger partial charge in [-0.25, -0.2) is 4.98 Å². The van der Waals surface area contributed by atoms with Gasteiger partial charge in [-0.3, -0.25) is 4.79 Å². The molecule has 0 unspecified atom stereocenters. The van der Waals surface area contributed by atoms with E-state index in [0.717, 1.165) is 16.3 Å². The summed E-state index contributed by atoms with van der Waals surface area (Å²) in [4.78, 5) is 16.4. The molecule has 0 aliphatic carbocycles. The minimum atomic E-state index is -0.253. The average Bonchev–Trinajstić information content (AvgIpc) is 3.15. The molecule has 0 atom stereocenters. The summed E-state index contributed by atoms with van der Waals surface area (Å²) in [6, 6.07) is 13.3. The largest absolute Gasteiger partial charge is 0.444 e. The number of halogens is 1. The third-order valence-corrected chi connectivity index (χ3v) is 4.09. The van der Waals surface area contributed by atoms with E-state index in [1.807, 2.05) is 35.7 Å². The molecular formula is C15H11BrN2O2S. The Hall–Kier alpha value is -1.92. The SMILES string of the molecule is O=C(NCc1nc(-c2ccccc2)cs1)c1ccc(Br)o1. The van der Waals surface area contributed by atoms with Crippen LogP contribution >= 0.6 is 27.3 Å². The van der Waals surface area contributed by atoms with Crippen molar-refractivity contribution in [3.8, 4) is 11.3 Å². The van der Waals surface area contributed by atoms with Crippen LogP contribution in [0.5, 0.6) is 0 Å². The van der Waals surface area contributed by atoms with Gasteiger partial charge in [-0.2, -0.15) is 0 Å². The van der Waals surface area contributed by atoms with Crippen LogP contribution in [0.15, 0.2) is 56.9 Å². The minimum absolute atomic E-state index is 0.253. The first-order valence-corrected chi connectivity index (χ1v) is 7.93. The maximum absolute atomic E-state index is 11.9. The lowest BCUT2D eigenvalue weighted by Crippen LogP contribution is -2.22. The zero-order valence-electron chi connectivity index (χ0n) is 10.9. The molecule has 0 spiro atoms. The molecule has 3 rings (SSSR count). The number of benzene rings is 1. The van der Waals surface area contributed by atoms with Gasteiger partial charge in [0.1, 0.15) is 5.01 Å². The summed E-state index contributed by atoms with van der Waals surface area (Å²) < 4.78 is 5.73. The molecular weight excluding hydrogens is 352 g/mol. The molecule has 0 bridgehead atoms. The highest BCUT2D eigenvalue weighted by Gasteiger charge is 2.11. The highest BCUT2D eigenvalue weighted by Crippen LogP contribution is 2.21. The minimum Gasteiger partial charge on any atom is -0.444 e. The lowest BCUT2D eigenvalue weighted by molar-refractivity contribution is 0.0922. The number of carbonyl (C=O) groups is 1. The Kier molecular flexibility index (Phi) is 4.17. The van der Waals surface area contributed by atoms with Crippen molar-refractivity contribution in [3.63, 3.8) is 0 Å². The van der Waals surface area contributed by atoms with Crippen LogP contribution in [-0.2, 0) is 6.54 Å². The number of carbonyl (C=O) groups excluding carboxylic acids is 1. The third kappa shape index (κ3) is 3.40. The molecule has 0 radical (unpaired) electrons. The van der Waals surface area contributed by atoms with Crippen molar-refractivity contribution in [3.05, 3.63) is 63.3 Å². The second-order valence-corrected chi connectivity index (χ2v) is 6.00. The van der Waals surface area contributed by atoms with Gasteiger partial charge in [0.25, 0.3) is 5.91 Å². The quantitative estimate of drug-likeness (QED) is 0.760. The molecule has 0 fully saturated rings. The zero-order valence-corrected chi connectivity index (χ0v) is 13.3. The molecule has 6 heteroatoms. The van der Waals surface area contributed by atoms with Crippen LogP contribution < -0.4 is 5.32 Å². The fourth-order valence-corrected chi connectivity index (χ4v) is 2.86. The number of furan rings is 1. The van der Waals surface area contributed by atoms with Crippen molar-refractivity contribution in [1.82, 2.24) is 10.3 Å². The molecule has 1 amide bonds. The van der Waals surface area contributed by atoms with Gasteiger partial charge in [-0.05, 0) is 28.1 Å². The fraction of sp³-hybridized carbons (Fsp3) is 0.0667. The van der Waals surface area contributed by atoms with Crippen LogP contribution in [0.1, 0.15) is 15.6 Å². The van der Waals surface area contributed by atoms with Gasteiger partial charge in [0, 0.05) is 10.9 Å². The number of thiazole rings is 1. The van der Waals surface area contributed by atoms with Gasteiger partial charge in [-0.15, -0.1) is 11.3 Å². The first-order valence-electron chi connectivity index (χ1n) is 6.26. The topological polar surface area (TPSA) is 55.1 Å². The number of rotatable bonds is 4. The van der Waals surface area contributed by atoms with Crippen molar-refractivity contribution < 1.29 is 9.21 Å². The first-order chi connectivity index (χ1) is 10.2. The molecule has 0 saturated heterocycles. The molecule has 106 valence electrons. The van der Waals surface area contributed by atoms with Crippen molar-refractivity contribution in [1.29, 1.82) is 0 Å². The van der Waals surface area contributed by atoms with Crippen molar-refractivity contribution in [2.24, 2.45) is 0 Å². The maximum atomic E-state index is 11.9. The predicted molar refractivity (Wildman–Crippen MR) is 85.1 cm³/mol. The van der Waals surface area contributed by atoms with E-state index in [0.29, 0.717) is 11.2 Å². The van der Waals surface area contributed by atoms with Gasteiger partial charge in [0.15, 0.2) is 10.4 Å². The molecule has 3 aromatic rings. The van der Waals surface area contributed by atoms with E-state index in [9.17, 15) is 4.79 Å². The molecule has 1 N–H and O–H groups in total. The number of aromatic nitrogens is 1. The Morgan fingerprint density at radius 2 is 2.05 bits per heavy atom. The van der Waals surface area contributed by atoms with Crippen molar-refractivity contribution >= 4 is 33.2 Å². The highest BCUT2D eigenvalue weighted by molar-refractivity contribution is 9.10. The molecule has 2 heterocycles. The number of nitrogens with zero attached hydrogens (tertiary/aromatic N) is 1. The standard InChI is InChI=1S/C15H11BrN2O2S/c16-13-7-6-12(20-13)15(19)17-8-14-18-11(9-21-14)10-4-2-1-3-5-10/h1-7,9H,8H2,(H,17,19). The molecule has 0 aliphatic heterocycles. The normalized spacial score (nSPS) is 10.5. The van der Waals surface area contributed by atoms with Crippen molar-refractivity contribution in [2.45, 2.75) is 6.54 Å². The van der Waals surface area contributed by atoms with E-state index < -0.39 is 0 Å². The van der Waals surface area contributed by atoms with Crippen LogP contribution in [0.3, 0.4) is 0 Å². The van der Waals surface area contributed by atoms with E-state index in [4.69, 9.17) is 4.42 Å². The Morgan fingerprint density at radius 1 is 1.24 bits per heavy atom. The summed E-state index contributed by atoms with van der Waals surface area (Å²) in [7, 11) is 0. The van der Waals surface area contributed by atoms with Crippen LogP contribution in [0.25, 0.3) is 11.3 Å². The van der Waals surface area contributed by atoms with Crippen LogP contribution in [0, 0.1) is 0 Å². The van der Waals surface area contributed by atoms with Gasteiger partial charge in [-0.1, -0.05) is 30.3 Å². The number of hydrogen-bond donors (Lipinski definition) is 1. The predicted octanol–water partition coefficient (Wildman–Crippen LogP) is 4.10. The second-order valence-electron chi connectivity index (χ2n) is 4.28. The summed E-state index contributed by atoms with van der Waals surface area (Å²) in [5.74, 6) is 0.0267. The van der Waals surface area contributed by atoms with Gasteiger partial charge >= 0.3 is 0 Å². The van der Waals surface area contributed by atoms with Crippen LogP contribution in [-0.4, -0.2) is 10.9 Å². The Morgan fingerprint density at radius 3 is 2.76 bits per heavy atom. The number of amides is 1. The summed E-state index contributed by atoms with van der Waals surface area (Å²) >= 11 is 4.69. The van der Waals surface area contributed by atoms with Gasteiger partial charge in [0.2, 0.25) is 0 Å². The van der Waals surface area contributed by atoms with Gasteiger partial charge < -0.3 is 9.73 Å². The highest BCUT2D eigenvalue weighted by atomic mass is 79.9. The summed E-state index contributed by atoms with van der Waals surface area (Å²) in [6.45, 7) is 0.384. The van der Waals surface area contributed by atoms with E-state index in [1.54, 1.807) is 12.1 Å². The molecule has 1 aromatic carbocycles. The van der Waals surface area contributed by atoms with E-state index in [1.165, 1.54) is 11.3 Å². The van der Waals surface area contributed by atoms with Gasteiger partial charge in [0.05, 0.1) is 12.2 Å². The van der Waals surface area contributed by atoms with Crippen molar-refractivity contribution in [2.75, 3.05) is 0 Å². The van der Waals surface area contributed by atoms with E-state index in [-0.39, 0.29) is 11.7 Å². The summed E-state index contributed by atoms with van der Waals surface area (Å²) in [5, 5.41) is 5.63. The fourth-order valence-electron chi connectivity index (χ4n) is 1.81. The smallest absolute Gasteiger partial charge is 0.287 e. The lowest BCUT2D eigenvalue weighted by Gasteiger charge is -1.99. The Balaban J connectivity index is 1.64. The Bertz CT molecular complexity index is 752. The molecule has 0 saturated carbocycles. The van der Waals surface area contributed by atoms with Crippen LogP contribution in [0.4, 0.5) is 0 Å². The third-order valence-electron chi connectivity index (χ3n) is 2.82. The average molecular weight is 363 g/mol. The number of nitrogens with one attached hydrogen (secondary N) is 1. The molecule has 0 aliphatic rings. The van der Waals surface area contributed by atoms with Crippen LogP contribution in [0.2, 0.25) is 0 Å². The molecule has 4 nitrogen and oxygen atoms in total. The number of hydrogen-bond acceptors (Lipinski definition) is 4. The summed E-state index contributed by atoms with van der Waals surface area (Å²) in [6.07, 6.45) is 0. The second kappa shape index (κ2) is 6.24. The van der Waals surface area contributed by atoms with E-state index >= 15 is 0 Å².